The Morgan fingerprint density at radius 2 is 1.76 bits per heavy atom. The normalized spacial score (nSPS) is 12.0. The van der Waals surface area contributed by atoms with Crippen LogP contribution in [-0.2, 0) is 0 Å². The van der Waals surface area contributed by atoms with E-state index in [1.807, 2.05) is 30.3 Å². The minimum Gasteiger partial charge on any atom is -0.490 e. The molecule has 0 saturated carbocycles. The molecule has 0 radical (unpaired) electrons. The van der Waals surface area contributed by atoms with Crippen molar-refractivity contribution in [1.82, 2.24) is 0 Å². The highest BCUT2D eigenvalue weighted by atomic mass is 19.1. The predicted octanol–water partition coefficient (Wildman–Crippen LogP) is 3.61. The van der Waals surface area contributed by atoms with E-state index in [1.165, 1.54) is 6.07 Å². The molecular formula is C17H20FNO2. The molecule has 0 unspecified atom stereocenters. The highest BCUT2D eigenvalue weighted by molar-refractivity contribution is 5.39. The van der Waals surface area contributed by atoms with Crippen LogP contribution < -0.4 is 15.2 Å². The molecule has 0 aliphatic rings. The van der Waals surface area contributed by atoms with Gasteiger partial charge in [-0.3, -0.25) is 0 Å². The van der Waals surface area contributed by atoms with Crippen molar-refractivity contribution in [2.24, 2.45) is 5.73 Å². The van der Waals surface area contributed by atoms with E-state index in [0.29, 0.717) is 30.1 Å². The van der Waals surface area contributed by atoms with Crippen LogP contribution in [0.3, 0.4) is 0 Å². The number of benzene rings is 2. The number of aryl methyl sites for hydroxylation is 1. The van der Waals surface area contributed by atoms with Crippen molar-refractivity contribution in [1.29, 1.82) is 0 Å². The molecule has 2 N–H and O–H groups in total. The average Bonchev–Trinajstić information content (AvgIpc) is 2.47. The number of para-hydroxylation sites is 1. The van der Waals surface area contributed by atoms with E-state index in [9.17, 15) is 4.39 Å². The van der Waals surface area contributed by atoms with E-state index < -0.39 is 0 Å². The summed E-state index contributed by atoms with van der Waals surface area (Å²) in [5.41, 5.74) is 7.06. The van der Waals surface area contributed by atoms with Crippen LogP contribution in [0.1, 0.15) is 24.1 Å². The zero-order valence-corrected chi connectivity index (χ0v) is 12.3. The molecule has 1 atom stereocenters. The highest BCUT2D eigenvalue weighted by Crippen LogP contribution is 2.27. The Morgan fingerprint density at radius 1 is 1.10 bits per heavy atom. The second-order valence-electron chi connectivity index (χ2n) is 4.94. The van der Waals surface area contributed by atoms with Gasteiger partial charge >= 0.3 is 0 Å². The number of ether oxygens (including phenoxy) is 2. The lowest BCUT2D eigenvalue weighted by Gasteiger charge is -2.15. The molecule has 4 heteroatoms. The van der Waals surface area contributed by atoms with Crippen LogP contribution in [0.5, 0.6) is 11.5 Å². The molecular weight excluding hydrogens is 269 g/mol. The quantitative estimate of drug-likeness (QED) is 0.826. The van der Waals surface area contributed by atoms with Gasteiger partial charge < -0.3 is 15.2 Å². The van der Waals surface area contributed by atoms with Crippen molar-refractivity contribution < 1.29 is 13.9 Å². The Balaban J connectivity index is 1.95. The largest absolute Gasteiger partial charge is 0.490 e. The lowest BCUT2D eigenvalue weighted by Crippen LogP contribution is -2.13. The van der Waals surface area contributed by atoms with Crippen LogP contribution in [0.4, 0.5) is 4.39 Å². The van der Waals surface area contributed by atoms with Gasteiger partial charge in [-0.1, -0.05) is 18.2 Å². The third-order valence-electron chi connectivity index (χ3n) is 3.13. The van der Waals surface area contributed by atoms with Gasteiger partial charge in [0.2, 0.25) is 0 Å². The van der Waals surface area contributed by atoms with Gasteiger partial charge in [-0.2, -0.15) is 0 Å². The zero-order chi connectivity index (χ0) is 15.2. The van der Waals surface area contributed by atoms with Crippen LogP contribution in [-0.4, -0.2) is 13.2 Å². The SMILES string of the molecule is Cc1cc(OCCOc2ccccc2)c([C@H](C)N)cc1F. The Bertz CT molecular complexity index is 585. The van der Waals surface area contributed by atoms with Crippen LogP contribution in [0, 0.1) is 12.7 Å². The van der Waals surface area contributed by atoms with Crippen LogP contribution in [0.15, 0.2) is 42.5 Å². The van der Waals surface area contributed by atoms with Gasteiger partial charge in [-0.05, 0) is 43.7 Å². The smallest absolute Gasteiger partial charge is 0.126 e. The zero-order valence-electron chi connectivity index (χ0n) is 12.3. The Morgan fingerprint density at radius 3 is 2.43 bits per heavy atom. The fraction of sp³-hybridized carbons (Fsp3) is 0.294. The highest BCUT2D eigenvalue weighted by Gasteiger charge is 2.12. The molecule has 0 fully saturated rings. The summed E-state index contributed by atoms with van der Waals surface area (Å²) in [7, 11) is 0. The molecule has 0 aliphatic heterocycles. The van der Waals surface area contributed by atoms with Gasteiger partial charge in [0.15, 0.2) is 0 Å². The first-order valence-electron chi connectivity index (χ1n) is 6.94. The fourth-order valence-electron chi connectivity index (χ4n) is 1.98. The lowest BCUT2D eigenvalue weighted by molar-refractivity contribution is 0.215. The standard InChI is InChI=1S/C17H20FNO2/c1-12-10-17(15(13(2)19)11-16(12)18)21-9-8-20-14-6-4-3-5-7-14/h3-7,10-11,13H,8-9,19H2,1-2H3/t13-/m0/s1. The van der Waals surface area contributed by atoms with Gasteiger partial charge in [-0.25, -0.2) is 4.39 Å². The second kappa shape index (κ2) is 7.09. The molecule has 112 valence electrons. The molecule has 0 saturated heterocycles. The minimum absolute atomic E-state index is 0.268. The summed E-state index contributed by atoms with van der Waals surface area (Å²) in [6, 6.07) is 12.3. The van der Waals surface area contributed by atoms with Crippen LogP contribution in [0.2, 0.25) is 0 Å². The number of hydrogen-bond acceptors (Lipinski definition) is 3. The van der Waals surface area contributed by atoms with Crippen LogP contribution in [0.25, 0.3) is 0 Å². The van der Waals surface area contributed by atoms with E-state index in [0.717, 1.165) is 5.75 Å². The molecule has 0 heterocycles. The van der Waals surface area contributed by atoms with E-state index in [1.54, 1.807) is 19.9 Å². The number of rotatable bonds is 6. The number of nitrogens with two attached hydrogens (primary N) is 1. The topological polar surface area (TPSA) is 44.5 Å². The van der Waals surface area contributed by atoms with Gasteiger partial charge in [0, 0.05) is 11.6 Å². The third-order valence-corrected chi connectivity index (χ3v) is 3.13. The van der Waals surface area contributed by atoms with Crippen LogP contribution >= 0.6 is 0 Å². The molecule has 0 amide bonds. The maximum atomic E-state index is 13.6. The summed E-state index contributed by atoms with van der Waals surface area (Å²) < 4.78 is 24.8. The molecule has 2 rings (SSSR count). The van der Waals surface area contributed by atoms with E-state index in [-0.39, 0.29) is 11.9 Å². The summed E-state index contributed by atoms with van der Waals surface area (Å²) in [5.74, 6) is 1.14. The molecule has 21 heavy (non-hydrogen) atoms. The first-order valence-corrected chi connectivity index (χ1v) is 6.94. The Hall–Kier alpha value is -2.07. The summed E-state index contributed by atoms with van der Waals surface area (Å²) in [4.78, 5) is 0. The fourth-order valence-corrected chi connectivity index (χ4v) is 1.98. The van der Waals surface area contributed by atoms with Crippen molar-refractivity contribution in [2.75, 3.05) is 13.2 Å². The summed E-state index contributed by atoms with van der Waals surface area (Å²) >= 11 is 0. The maximum absolute atomic E-state index is 13.6. The summed E-state index contributed by atoms with van der Waals surface area (Å²) in [6.07, 6.45) is 0. The monoisotopic (exact) mass is 289 g/mol. The summed E-state index contributed by atoms with van der Waals surface area (Å²) in [6.45, 7) is 4.30. The third kappa shape index (κ3) is 4.20. The molecule has 0 aliphatic carbocycles. The summed E-state index contributed by atoms with van der Waals surface area (Å²) in [5, 5.41) is 0. The number of halogens is 1. The van der Waals surface area contributed by atoms with Gasteiger partial charge in [0.05, 0.1) is 0 Å². The van der Waals surface area contributed by atoms with Gasteiger partial charge in [-0.15, -0.1) is 0 Å². The van der Waals surface area contributed by atoms with Crippen molar-refractivity contribution in [3.8, 4) is 11.5 Å². The average molecular weight is 289 g/mol. The molecule has 2 aromatic carbocycles. The molecule has 0 bridgehead atoms. The molecule has 0 aromatic heterocycles. The lowest BCUT2D eigenvalue weighted by atomic mass is 10.1. The van der Waals surface area contributed by atoms with E-state index in [2.05, 4.69) is 0 Å². The first kappa shape index (κ1) is 15.3. The minimum atomic E-state index is -0.287. The van der Waals surface area contributed by atoms with Crippen molar-refractivity contribution in [3.63, 3.8) is 0 Å². The maximum Gasteiger partial charge on any atom is 0.126 e. The molecule has 3 nitrogen and oxygen atoms in total. The van der Waals surface area contributed by atoms with Gasteiger partial charge in [0.1, 0.15) is 30.5 Å². The van der Waals surface area contributed by atoms with E-state index >= 15 is 0 Å². The molecule has 0 spiro atoms. The van der Waals surface area contributed by atoms with Crippen molar-refractivity contribution in [2.45, 2.75) is 19.9 Å². The first-order chi connectivity index (χ1) is 10.1. The molecule has 2 aromatic rings. The van der Waals surface area contributed by atoms with Gasteiger partial charge in [0.25, 0.3) is 0 Å². The van der Waals surface area contributed by atoms with E-state index in [4.69, 9.17) is 15.2 Å². The predicted molar refractivity (Wildman–Crippen MR) is 81.2 cm³/mol. The Kier molecular flexibility index (Phi) is 5.17. The Labute approximate surface area is 124 Å². The van der Waals surface area contributed by atoms with Crippen molar-refractivity contribution >= 4 is 0 Å². The second-order valence-corrected chi connectivity index (χ2v) is 4.94. The van der Waals surface area contributed by atoms with Crippen molar-refractivity contribution in [3.05, 3.63) is 59.4 Å². The number of hydrogen-bond donors (Lipinski definition) is 1.